The predicted octanol–water partition coefficient (Wildman–Crippen LogP) is 5.45. The summed E-state index contributed by atoms with van der Waals surface area (Å²) in [6, 6.07) is 21.9. The third kappa shape index (κ3) is 5.72. The Hall–Kier alpha value is -3.09. The molecule has 2 N–H and O–H groups in total. The second-order valence-electron chi connectivity index (χ2n) is 6.62. The predicted molar refractivity (Wildman–Crippen MR) is 123 cm³/mol. The van der Waals surface area contributed by atoms with Gasteiger partial charge in [0.25, 0.3) is 0 Å². The fourth-order valence-electron chi connectivity index (χ4n) is 2.92. The Kier molecular flexibility index (Phi) is 7.27. The van der Waals surface area contributed by atoms with Crippen LogP contribution in [0.15, 0.2) is 72.8 Å². The number of hydrogen-bond acceptors (Lipinski definition) is 3. The number of para-hydroxylation sites is 2. The third-order valence-corrected chi connectivity index (χ3v) is 5.11. The van der Waals surface area contributed by atoms with Crippen molar-refractivity contribution in [2.24, 2.45) is 0 Å². The van der Waals surface area contributed by atoms with Gasteiger partial charge in [-0.1, -0.05) is 48.0 Å². The summed E-state index contributed by atoms with van der Waals surface area (Å²) in [5.74, 6) is -0.259. The van der Waals surface area contributed by atoms with Crippen molar-refractivity contribution in [1.29, 1.82) is 0 Å². The number of halogens is 1. The van der Waals surface area contributed by atoms with Crippen molar-refractivity contribution in [3.63, 3.8) is 0 Å². The monoisotopic (exact) mass is 440 g/mol. The molecule has 3 aromatic rings. The van der Waals surface area contributed by atoms with E-state index < -0.39 is 5.97 Å². The van der Waals surface area contributed by atoms with Gasteiger partial charge in [-0.3, -0.25) is 0 Å². The summed E-state index contributed by atoms with van der Waals surface area (Å²) >= 11 is 11.7. The number of nitrogens with one attached hydrogen (secondary N) is 1. The van der Waals surface area contributed by atoms with Crippen LogP contribution in [0.5, 0.6) is 5.75 Å². The molecule has 0 saturated heterocycles. The van der Waals surface area contributed by atoms with E-state index in [0.717, 1.165) is 16.8 Å². The van der Waals surface area contributed by atoms with E-state index in [4.69, 9.17) is 33.7 Å². The van der Waals surface area contributed by atoms with Gasteiger partial charge in [-0.15, -0.1) is 0 Å². The minimum absolute atomic E-state index is 0.248. The van der Waals surface area contributed by atoms with Crippen molar-refractivity contribution < 1.29 is 14.6 Å². The number of methoxy groups -OCH3 is 1. The molecule has 3 aromatic carbocycles. The second-order valence-corrected chi connectivity index (χ2v) is 7.44. The molecule has 30 heavy (non-hydrogen) atoms. The maximum absolute atomic E-state index is 11.1. The quantitative estimate of drug-likeness (QED) is 0.476. The van der Waals surface area contributed by atoms with Gasteiger partial charge in [0.15, 0.2) is 5.11 Å². The molecule has 0 amide bonds. The molecule has 0 bridgehead atoms. The Balaban J connectivity index is 1.83. The van der Waals surface area contributed by atoms with Gasteiger partial charge in [0.1, 0.15) is 5.75 Å². The molecule has 7 heteroatoms. The van der Waals surface area contributed by atoms with E-state index in [1.165, 1.54) is 0 Å². The molecule has 0 fully saturated rings. The van der Waals surface area contributed by atoms with Crippen LogP contribution in [-0.2, 0) is 13.1 Å². The Morgan fingerprint density at radius 1 is 1.00 bits per heavy atom. The molecular weight excluding hydrogens is 420 g/mol. The van der Waals surface area contributed by atoms with E-state index in [-0.39, 0.29) is 5.56 Å². The first-order valence-electron chi connectivity index (χ1n) is 9.22. The maximum Gasteiger partial charge on any atom is 0.335 e. The highest BCUT2D eigenvalue weighted by molar-refractivity contribution is 7.80. The number of aromatic carboxylic acids is 1. The zero-order valence-corrected chi connectivity index (χ0v) is 17.9. The van der Waals surface area contributed by atoms with Gasteiger partial charge in [-0.05, 0) is 59.7 Å². The first-order valence-corrected chi connectivity index (χ1v) is 10.0. The molecule has 0 atom stereocenters. The first kappa shape index (κ1) is 21.6. The van der Waals surface area contributed by atoms with Crippen molar-refractivity contribution in [2.75, 3.05) is 12.4 Å². The van der Waals surface area contributed by atoms with E-state index in [2.05, 4.69) is 5.32 Å². The maximum atomic E-state index is 11.1. The SMILES string of the molecule is COc1ccccc1NC(=S)N(Cc1ccc(Cl)cc1)Cc1ccc(C(=O)O)cc1. The van der Waals surface area contributed by atoms with Gasteiger partial charge in [0.05, 0.1) is 18.4 Å². The molecule has 0 aliphatic heterocycles. The Morgan fingerprint density at radius 3 is 2.13 bits per heavy atom. The molecule has 0 aliphatic carbocycles. The summed E-state index contributed by atoms with van der Waals surface area (Å²) in [7, 11) is 1.61. The number of anilines is 1. The highest BCUT2D eigenvalue weighted by atomic mass is 35.5. The lowest BCUT2D eigenvalue weighted by Crippen LogP contribution is -2.34. The lowest BCUT2D eigenvalue weighted by molar-refractivity contribution is 0.0697. The van der Waals surface area contributed by atoms with Crippen molar-refractivity contribution in [2.45, 2.75) is 13.1 Å². The van der Waals surface area contributed by atoms with Gasteiger partial charge in [-0.2, -0.15) is 0 Å². The summed E-state index contributed by atoms with van der Waals surface area (Å²) in [5, 5.41) is 13.6. The van der Waals surface area contributed by atoms with E-state index in [1.54, 1.807) is 31.4 Å². The van der Waals surface area contributed by atoms with E-state index in [0.29, 0.717) is 29.0 Å². The fourth-order valence-corrected chi connectivity index (χ4v) is 3.29. The zero-order valence-electron chi connectivity index (χ0n) is 16.3. The fraction of sp³-hybridized carbons (Fsp3) is 0.130. The van der Waals surface area contributed by atoms with Crippen LogP contribution in [0.1, 0.15) is 21.5 Å². The third-order valence-electron chi connectivity index (χ3n) is 4.50. The van der Waals surface area contributed by atoms with Gasteiger partial charge >= 0.3 is 5.97 Å². The van der Waals surface area contributed by atoms with E-state index in [1.807, 2.05) is 53.4 Å². The average Bonchev–Trinajstić information content (AvgIpc) is 2.75. The molecule has 154 valence electrons. The van der Waals surface area contributed by atoms with Crippen molar-refractivity contribution >= 4 is 40.6 Å². The zero-order chi connectivity index (χ0) is 21.5. The van der Waals surface area contributed by atoms with Gasteiger partial charge in [0, 0.05) is 18.1 Å². The normalized spacial score (nSPS) is 10.3. The molecule has 3 rings (SSSR count). The van der Waals surface area contributed by atoms with Crippen LogP contribution in [0.4, 0.5) is 5.69 Å². The molecule has 0 aliphatic rings. The molecule has 0 heterocycles. The number of nitrogens with zero attached hydrogens (tertiary/aromatic N) is 1. The molecule has 0 radical (unpaired) electrons. The minimum Gasteiger partial charge on any atom is -0.495 e. The lowest BCUT2D eigenvalue weighted by Gasteiger charge is -2.27. The van der Waals surface area contributed by atoms with Crippen molar-refractivity contribution in [3.05, 3.63) is 94.5 Å². The van der Waals surface area contributed by atoms with E-state index >= 15 is 0 Å². The number of hydrogen-bond donors (Lipinski definition) is 2. The Labute approximate surface area is 185 Å². The lowest BCUT2D eigenvalue weighted by atomic mass is 10.1. The summed E-state index contributed by atoms with van der Waals surface area (Å²) in [6.45, 7) is 1.06. The summed E-state index contributed by atoms with van der Waals surface area (Å²) < 4.78 is 5.40. The Bertz CT molecular complexity index is 1020. The number of rotatable bonds is 7. The van der Waals surface area contributed by atoms with Crippen LogP contribution in [-0.4, -0.2) is 28.2 Å². The average molecular weight is 441 g/mol. The largest absolute Gasteiger partial charge is 0.495 e. The van der Waals surface area contributed by atoms with Crippen LogP contribution in [0.25, 0.3) is 0 Å². The van der Waals surface area contributed by atoms with Crippen molar-refractivity contribution in [3.8, 4) is 5.75 Å². The Morgan fingerprint density at radius 2 is 1.57 bits per heavy atom. The number of carboxylic acid groups (broad SMARTS) is 1. The summed E-state index contributed by atoms with van der Waals surface area (Å²) in [6.07, 6.45) is 0. The van der Waals surface area contributed by atoms with Crippen LogP contribution < -0.4 is 10.1 Å². The molecule has 0 spiro atoms. The molecule has 5 nitrogen and oxygen atoms in total. The first-order chi connectivity index (χ1) is 14.5. The van der Waals surface area contributed by atoms with Gasteiger partial charge in [0.2, 0.25) is 0 Å². The van der Waals surface area contributed by atoms with Crippen molar-refractivity contribution in [1.82, 2.24) is 4.90 Å². The molecule has 0 saturated carbocycles. The van der Waals surface area contributed by atoms with Crippen LogP contribution in [0.3, 0.4) is 0 Å². The molecular formula is C23H21ClN2O3S. The van der Waals surface area contributed by atoms with E-state index in [9.17, 15) is 4.79 Å². The topological polar surface area (TPSA) is 61.8 Å². The van der Waals surface area contributed by atoms with Gasteiger partial charge in [-0.25, -0.2) is 4.79 Å². The smallest absolute Gasteiger partial charge is 0.335 e. The molecule has 0 unspecified atom stereocenters. The van der Waals surface area contributed by atoms with Crippen LogP contribution >= 0.6 is 23.8 Å². The van der Waals surface area contributed by atoms with Gasteiger partial charge < -0.3 is 20.1 Å². The number of thiocarbonyl (C=S) groups is 1. The standard InChI is InChI=1S/C23H21ClN2O3S/c1-29-21-5-3-2-4-20(21)25-23(30)26(15-17-8-12-19(24)13-9-17)14-16-6-10-18(11-7-16)22(27)28/h2-13H,14-15H2,1H3,(H,25,30)(H,27,28). The number of benzene rings is 3. The number of carbonyl (C=O) groups is 1. The highest BCUT2D eigenvalue weighted by Crippen LogP contribution is 2.24. The summed E-state index contributed by atoms with van der Waals surface area (Å²) in [4.78, 5) is 13.1. The summed E-state index contributed by atoms with van der Waals surface area (Å²) in [5.41, 5.74) is 3.01. The number of ether oxygens (including phenoxy) is 1. The number of carboxylic acids is 1. The van der Waals surface area contributed by atoms with Crippen LogP contribution in [0, 0.1) is 0 Å². The highest BCUT2D eigenvalue weighted by Gasteiger charge is 2.14. The minimum atomic E-state index is -0.951. The molecule has 0 aromatic heterocycles. The second kappa shape index (κ2) is 10.1. The van der Waals surface area contributed by atoms with Crippen LogP contribution in [0.2, 0.25) is 5.02 Å².